The molecule has 0 saturated heterocycles. The predicted molar refractivity (Wildman–Crippen MR) is 82.2 cm³/mol. The van der Waals surface area contributed by atoms with Gasteiger partial charge in [-0.05, 0) is 26.9 Å². The van der Waals surface area contributed by atoms with Gasteiger partial charge in [-0.15, -0.1) is 23.1 Å². The van der Waals surface area contributed by atoms with Gasteiger partial charge < -0.3 is 10.2 Å². The van der Waals surface area contributed by atoms with Gasteiger partial charge in [-0.25, -0.2) is 4.98 Å². The van der Waals surface area contributed by atoms with E-state index in [9.17, 15) is 0 Å². The van der Waals surface area contributed by atoms with E-state index in [0.717, 1.165) is 29.8 Å². The third-order valence-electron chi connectivity index (χ3n) is 3.24. The van der Waals surface area contributed by atoms with E-state index < -0.39 is 0 Å². The van der Waals surface area contributed by atoms with Crippen LogP contribution in [-0.4, -0.2) is 46.7 Å². The van der Waals surface area contributed by atoms with Crippen molar-refractivity contribution in [3.63, 3.8) is 0 Å². The Labute approximate surface area is 122 Å². The molecule has 2 aromatic rings. The number of nitrogens with zero attached hydrogens (tertiary/aromatic N) is 3. The molecule has 2 heterocycles. The van der Waals surface area contributed by atoms with Gasteiger partial charge in [0.05, 0.1) is 5.69 Å². The third-order valence-corrected chi connectivity index (χ3v) is 4.98. The number of thiazole rings is 1. The van der Waals surface area contributed by atoms with Crippen LogP contribution in [0.3, 0.4) is 0 Å². The maximum atomic E-state index is 4.75. The lowest BCUT2D eigenvalue weighted by Crippen LogP contribution is -2.17. The summed E-state index contributed by atoms with van der Waals surface area (Å²) in [5.74, 6) is 1.09. The molecule has 0 aliphatic heterocycles. The van der Waals surface area contributed by atoms with Crippen LogP contribution in [-0.2, 0) is 6.54 Å². The Morgan fingerprint density at radius 1 is 1.53 bits per heavy atom. The Kier molecular flexibility index (Phi) is 4.12. The standard InChI is InChI=1S/C13H20N4S2/c1-16(2)5-7-18-12-11(9-14-10-3-4-10)17-6-8-19-13(17)15-12/h6,8,10,14H,3-5,7,9H2,1-2H3. The number of rotatable bonds is 7. The highest BCUT2D eigenvalue weighted by molar-refractivity contribution is 7.99. The molecule has 1 aliphatic carbocycles. The van der Waals surface area contributed by atoms with E-state index in [-0.39, 0.29) is 0 Å². The van der Waals surface area contributed by atoms with Crippen LogP contribution in [0.2, 0.25) is 0 Å². The van der Waals surface area contributed by atoms with Gasteiger partial charge in [0.2, 0.25) is 0 Å². The average molecular weight is 296 g/mol. The van der Waals surface area contributed by atoms with Crippen molar-refractivity contribution in [2.45, 2.75) is 30.5 Å². The first-order valence-corrected chi connectivity index (χ1v) is 8.56. The van der Waals surface area contributed by atoms with Crippen LogP contribution in [0.15, 0.2) is 16.6 Å². The number of imidazole rings is 1. The van der Waals surface area contributed by atoms with Crippen molar-refractivity contribution in [2.75, 3.05) is 26.4 Å². The number of fused-ring (bicyclic) bond motifs is 1. The lowest BCUT2D eigenvalue weighted by Gasteiger charge is -2.09. The average Bonchev–Trinajstić information content (AvgIpc) is 2.97. The normalized spacial score (nSPS) is 15.7. The zero-order valence-corrected chi connectivity index (χ0v) is 13.1. The van der Waals surface area contributed by atoms with Crippen LogP contribution >= 0.6 is 23.1 Å². The highest BCUT2D eigenvalue weighted by Crippen LogP contribution is 2.27. The van der Waals surface area contributed by atoms with Gasteiger partial charge in [-0.3, -0.25) is 4.40 Å². The molecular weight excluding hydrogens is 276 g/mol. The van der Waals surface area contributed by atoms with Crippen LogP contribution in [0.4, 0.5) is 0 Å². The first kappa shape index (κ1) is 13.4. The van der Waals surface area contributed by atoms with Gasteiger partial charge >= 0.3 is 0 Å². The van der Waals surface area contributed by atoms with E-state index in [1.165, 1.54) is 23.6 Å². The van der Waals surface area contributed by atoms with Crippen molar-refractivity contribution in [2.24, 2.45) is 0 Å². The van der Waals surface area contributed by atoms with Crippen LogP contribution in [0.25, 0.3) is 4.96 Å². The Balaban J connectivity index is 1.72. The minimum Gasteiger partial charge on any atom is -0.309 e. The molecule has 0 aromatic carbocycles. The minimum absolute atomic E-state index is 0.740. The number of aromatic nitrogens is 2. The summed E-state index contributed by atoms with van der Waals surface area (Å²) in [6.07, 6.45) is 4.79. The molecule has 1 N–H and O–H groups in total. The molecule has 3 rings (SSSR count). The van der Waals surface area contributed by atoms with Crippen molar-refractivity contribution in [3.05, 3.63) is 17.3 Å². The third kappa shape index (κ3) is 3.31. The molecule has 0 bridgehead atoms. The van der Waals surface area contributed by atoms with Crippen molar-refractivity contribution in [1.82, 2.24) is 19.6 Å². The first-order chi connectivity index (χ1) is 9.24. The van der Waals surface area contributed by atoms with Crippen LogP contribution < -0.4 is 5.32 Å². The fourth-order valence-corrected chi connectivity index (χ4v) is 3.87. The molecule has 0 unspecified atom stereocenters. The van der Waals surface area contributed by atoms with E-state index in [2.05, 4.69) is 40.3 Å². The van der Waals surface area contributed by atoms with E-state index in [4.69, 9.17) is 4.98 Å². The van der Waals surface area contributed by atoms with Gasteiger partial charge in [0, 0.05) is 36.5 Å². The smallest absolute Gasteiger partial charge is 0.194 e. The Bertz CT molecular complexity index is 542. The van der Waals surface area contributed by atoms with Crippen LogP contribution in [0, 0.1) is 0 Å². The lowest BCUT2D eigenvalue weighted by molar-refractivity contribution is 0.437. The molecular formula is C13H20N4S2. The molecule has 19 heavy (non-hydrogen) atoms. The summed E-state index contributed by atoms with van der Waals surface area (Å²) in [4.78, 5) is 8.08. The summed E-state index contributed by atoms with van der Waals surface area (Å²) in [7, 11) is 4.23. The molecule has 0 spiro atoms. The summed E-state index contributed by atoms with van der Waals surface area (Å²) in [6, 6.07) is 0.740. The number of thioether (sulfide) groups is 1. The summed E-state index contributed by atoms with van der Waals surface area (Å²) in [5.41, 5.74) is 1.33. The monoisotopic (exact) mass is 296 g/mol. The van der Waals surface area contributed by atoms with Crippen LogP contribution in [0.1, 0.15) is 18.5 Å². The first-order valence-electron chi connectivity index (χ1n) is 6.69. The van der Waals surface area contributed by atoms with Crippen molar-refractivity contribution in [1.29, 1.82) is 0 Å². The second-order valence-corrected chi connectivity index (χ2v) is 7.18. The fraction of sp³-hybridized carbons (Fsp3) is 0.615. The molecule has 1 fully saturated rings. The molecule has 0 amide bonds. The fourth-order valence-electron chi connectivity index (χ4n) is 1.94. The van der Waals surface area contributed by atoms with Gasteiger partial charge in [-0.2, -0.15) is 0 Å². The van der Waals surface area contributed by atoms with E-state index >= 15 is 0 Å². The largest absolute Gasteiger partial charge is 0.309 e. The molecule has 0 atom stereocenters. The highest BCUT2D eigenvalue weighted by Gasteiger charge is 2.22. The molecule has 4 nitrogen and oxygen atoms in total. The SMILES string of the molecule is CN(C)CCSc1nc2sccn2c1CNC1CC1. The molecule has 2 aromatic heterocycles. The predicted octanol–water partition coefficient (Wildman–Crippen LogP) is 2.30. The molecule has 1 saturated carbocycles. The maximum Gasteiger partial charge on any atom is 0.194 e. The summed E-state index contributed by atoms with van der Waals surface area (Å²) in [5, 5.41) is 6.91. The Morgan fingerprint density at radius 3 is 3.11 bits per heavy atom. The Morgan fingerprint density at radius 2 is 2.37 bits per heavy atom. The van der Waals surface area contributed by atoms with Crippen LogP contribution in [0.5, 0.6) is 0 Å². The second-order valence-electron chi connectivity index (χ2n) is 5.23. The number of hydrogen-bond donors (Lipinski definition) is 1. The minimum atomic E-state index is 0.740. The maximum absolute atomic E-state index is 4.75. The highest BCUT2D eigenvalue weighted by atomic mass is 32.2. The number of nitrogens with one attached hydrogen (secondary N) is 1. The van der Waals surface area contributed by atoms with Gasteiger partial charge in [0.1, 0.15) is 5.03 Å². The molecule has 104 valence electrons. The summed E-state index contributed by atoms with van der Waals surface area (Å²) >= 11 is 3.58. The van der Waals surface area contributed by atoms with E-state index in [0.29, 0.717) is 0 Å². The van der Waals surface area contributed by atoms with Crippen molar-refractivity contribution in [3.8, 4) is 0 Å². The van der Waals surface area contributed by atoms with Crippen molar-refractivity contribution >= 4 is 28.1 Å². The zero-order valence-electron chi connectivity index (χ0n) is 11.4. The molecule has 1 aliphatic rings. The second kappa shape index (κ2) is 5.83. The zero-order chi connectivity index (χ0) is 13.2. The molecule has 0 radical (unpaired) electrons. The van der Waals surface area contributed by atoms with E-state index in [1.54, 1.807) is 11.3 Å². The topological polar surface area (TPSA) is 32.6 Å². The number of hydrogen-bond acceptors (Lipinski definition) is 5. The molecule has 6 heteroatoms. The summed E-state index contributed by atoms with van der Waals surface area (Å²) in [6.45, 7) is 2.03. The van der Waals surface area contributed by atoms with Gasteiger partial charge in [0.25, 0.3) is 0 Å². The van der Waals surface area contributed by atoms with E-state index in [1.807, 2.05) is 11.8 Å². The van der Waals surface area contributed by atoms with Gasteiger partial charge in [-0.1, -0.05) is 0 Å². The van der Waals surface area contributed by atoms with Gasteiger partial charge in [0.15, 0.2) is 4.96 Å². The Hall–Kier alpha value is -0.560. The van der Waals surface area contributed by atoms with Crippen molar-refractivity contribution < 1.29 is 0 Å². The quantitative estimate of drug-likeness (QED) is 0.795. The lowest BCUT2D eigenvalue weighted by atomic mass is 10.4. The summed E-state index contributed by atoms with van der Waals surface area (Å²) < 4.78 is 2.23.